The van der Waals surface area contributed by atoms with E-state index in [1.165, 1.54) is 48.4 Å². The Kier molecular flexibility index (Phi) is 8.08. The molecule has 1 saturated heterocycles. The molecule has 0 N–H and O–H groups in total. The van der Waals surface area contributed by atoms with E-state index in [0.717, 1.165) is 16.4 Å². The van der Waals surface area contributed by atoms with Gasteiger partial charge in [0, 0.05) is 36.9 Å². The molecule has 0 bridgehead atoms. The van der Waals surface area contributed by atoms with Crippen LogP contribution in [-0.2, 0) is 21.0 Å². The second-order valence-electron chi connectivity index (χ2n) is 8.58. The first-order valence-electron chi connectivity index (χ1n) is 11.6. The van der Waals surface area contributed by atoms with Gasteiger partial charge >= 0.3 is 6.18 Å². The summed E-state index contributed by atoms with van der Waals surface area (Å²) in [6, 6.07) is 17.0. The molecule has 202 valence electrons. The maximum absolute atomic E-state index is 13.6. The third kappa shape index (κ3) is 6.16. The summed E-state index contributed by atoms with van der Waals surface area (Å²) in [5, 5.41) is 0.305. The normalized spacial score (nSPS) is 14.3. The number of piperazine rings is 1. The lowest BCUT2D eigenvalue weighted by Gasteiger charge is -2.37. The van der Waals surface area contributed by atoms with Crippen LogP contribution >= 0.6 is 11.6 Å². The van der Waals surface area contributed by atoms with Gasteiger partial charge in [-0.25, -0.2) is 8.42 Å². The first kappa shape index (κ1) is 27.6. The van der Waals surface area contributed by atoms with Gasteiger partial charge in [0.2, 0.25) is 5.91 Å². The van der Waals surface area contributed by atoms with Crippen molar-refractivity contribution in [1.82, 2.24) is 4.90 Å². The molecule has 3 aromatic rings. The Morgan fingerprint density at radius 3 is 2.24 bits per heavy atom. The Morgan fingerprint density at radius 1 is 0.974 bits per heavy atom. The third-order valence-electron chi connectivity index (χ3n) is 6.19. The van der Waals surface area contributed by atoms with Crippen molar-refractivity contribution in [2.75, 3.05) is 49.0 Å². The number of ether oxygens (including phenoxy) is 1. The number of alkyl halides is 3. The molecule has 0 unspecified atom stereocenters. The van der Waals surface area contributed by atoms with E-state index in [2.05, 4.69) is 0 Å². The summed E-state index contributed by atoms with van der Waals surface area (Å²) >= 11 is 6.11. The molecule has 1 fully saturated rings. The number of methoxy groups -OCH3 is 1. The average molecular weight is 568 g/mol. The minimum Gasteiger partial charge on any atom is -0.497 e. The van der Waals surface area contributed by atoms with Gasteiger partial charge in [-0.1, -0.05) is 23.7 Å². The van der Waals surface area contributed by atoms with Crippen molar-refractivity contribution in [3.8, 4) is 5.75 Å². The summed E-state index contributed by atoms with van der Waals surface area (Å²) in [5.41, 5.74) is -0.103. The number of sulfonamides is 1. The Morgan fingerprint density at radius 2 is 1.63 bits per heavy atom. The van der Waals surface area contributed by atoms with Crippen molar-refractivity contribution in [2.45, 2.75) is 11.1 Å². The number of anilines is 2. The summed E-state index contributed by atoms with van der Waals surface area (Å²) in [4.78, 5) is 16.5. The molecule has 1 aliphatic rings. The fourth-order valence-corrected chi connectivity index (χ4v) is 5.73. The van der Waals surface area contributed by atoms with E-state index >= 15 is 0 Å². The van der Waals surface area contributed by atoms with E-state index in [4.69, 9.17) is 16.3 Å². The van der Waals surface area contributed by atoms with E-state index in [9.17, 15) is 26.4 Å². The molecule has 3 aromatic carbocycles. The number of hydrogen-bond donors (Lipinski definition) is 0. The molecule has 0 saturated carbocycles. The number of carbonyl (C=O) groups excluding carboxylic acids is 1. The molecule has 1 amide bonds. The smallest absolute Gasteiger partial charge is 0.416 e. The van der Waals surface area contributed by atoms with Crippen molar-refractivity contribution in [2.24, 2.45) is 0 Å². The average Bonchev–Trinajstić information content (AvgIpc) is 2.91. The summed E-state index contributed by atoms with van der Waals surface area (Å²) in [5.74, 6) is 0.0405. The number of hydrogen-bond acceptors (Lipinski definition) is 5. The highest BCUT2D eigenvalue weighted by Gasteiger charge is 2.32. The maximum atomic E-state index is 13.6. The summed E-state index contributed by atoms with van der Waals surface area (Å²) in [7, 11) is -2.68. The van der Waals surface area contributed by atoms with Crippen LogP contribution in [0.25, 0.3) is 0 Å². The molecule has 0 atom stereocenters. The topological polar surface area (TPSA) is 70.2 Å². The summed E-state index contributed by atoms with van der Waals surface area (Å²) < 4.78 is 72.6. The van der Waals surface area contributed by atoms with Crippen molar-refractivity contribution >= 4 is 38.9 Å². The Bertz CT molecular complexity index is 1390. The zero-order valence-corrected chi connectivity index (χ0v) is 21.9. The van der Waals surface area contributed by atoms with Crippen LogP contribution in [-0.4, -0.2) is 59.1 Å². The SMILES string of the molecule is COc1ccc(S(=O)(=O)N(CC(=O)N2CCN(c3cccc(C(F)(F)F)c3)CC2)c2cccc(Cl)c2)cc1. The Hall–Kier alpha value is -3.44. The van der Waals surface area contributed by atoms with Crippen LogP contribution < -0.4 is 13.9 Å². The van der Waals surface area contributed by atoms with Crippen LogP contribution in [0.2, 0.25) is 5.02 Å². The van der Waals surface area contributed by atoms with Gasteiger partial charge in [0.25, 0.3) is 10.0 Å². The number of benzene rings is 3. The Labute approximate surface area is 224 Å². The molecule has 0 radical (unpaired) electrons. The first-order valence-corrected chi connectivity index (χ1v) is 13.4. The van der Waals surface area contributed by atoms with Crippen molar-refractivity contribution < 1.29 is 31.1 Å². The van der Waals surface area contributed by atoms with E-state index in [-0.39, 0.29) is 23.7 Å². The quantitative estimate of drug-likeness (QED) is 0.406. The van der Waals surface area contributed by atoms with E-state index in [0.29, 0.717) is 29.5 Å². The molecule has 1 aliphatic heterocycles. The highest BCUT2D eigenvalue weighted by atomic mass is 35.5. The molecule has 0 aromatic heterocycles. The van der Waals surface area contributed by atoms with Gasteiger partial charge < -0.3 is 14.5 Å². The van der Waals surface area contributed by atoms with Crippen LogP contribution in [0.1, 0.15) is 5.56 Å². The molecule has 12 heteroatoms. The lowest BCUT2D eigenvalue weighted by Crippen LogP contribution is -2.52. The van der Waals surface area contributed by atoms with Crippen LogP contribution in [0, 0.1) is 0 Å². The highest BCUT2D eigenvalue weighted by Crippen LogP contribution is 2.32. The molecular weight excluding hydrogens is 543 g/mol. The Balaban J connectivity index is 1.52. The van der Waals surface area contributed by atoms with Gasteiger partial charge in [-0.2, -0.15) is 13.2 Å². The number of nitrogens with zero attached hydrogens (tertiary/aromatic N) is 3. The monoisotopic (exact) mass is 567 g/mol. The first-order chi connectivity index (χ1) is 18.0. The molecule has 4 rings (SSSR count). The fourth-order valence-electron chi connectivity index (χ4n) is 4.14. The van der Waals surface area contributed by atoms with Gasteiger partial charge in [-0.05, 0) is 60.7 Å². The molecule has 1 heterocycles. The van der Waals surface area contributed by atoms with E-state index < -0.39 is 34.2 Å². The summed E-state index contributed by atoms with van der Waals surface area (Å²) in [6.45, 7) is 0.575. The molecule has 0 spiro atoms. The highest BCUT2D eigenvalue weighted by molar-refractivity contribution is 7.92. The molecule has 7 nitrogen and oxygen atoms in total. The number of amides is 1. The standard InChI is InChI=1S/C26H25ClF3N3O4S/c1-37-23-8-10-24(11-9-23)38(35,36)33(22-7-3-5-20(27)17-22)18-25(34)32-14-12-31(13-15-32)21-6-2-4-19(16-21)26(28,29)30/h2-11,16-17H,12-15,18H2,1H3. The minimum absolute atomic E-state index is 0.0274. The van der Waals surface area contributed by atoms with Gasteiger partial charge in [-0.15, -0.1) is 0 Å². The predicted molar refractivity (Wildman–Crippen MR) is 139 cm³/mol. The van der Waals surface area contributed by atoms with E-state index in [1.54, 1.807) is 29.2 Å². The predicted octanol–water partition coefficient (Wildman–Crippen LogP) is 4.91. The number of rotatable bonds is 7. The maximum Gasteiger partial charge on any atom is 0.416 e. The van der Waals surface area contributed by atoms with Crippen molar-refractivity contribution in [1.29, 1.82) is 0 Å². The largest absolute Gasteiger partial charge is 0.497 e. The zero-order valence-electron chi connectivity index (χ0n) is 20.4. The molecule has 38 heavy (non-hydrogen) atoms. The van der Waals surface area contributed by atoms with Gasteiger partial charge in [0.05, 0.1) is 23.3 Å². The van der Waals surface area contributed by atoms with Gasteiger partial charge in [0.1, 0.15) is 12.3 Å². The van der Waals surface area contributed by atoms with Crippen LogP contribution in [0.5, 0.6) is 5.75 Å². The lowest BCUT2D eigenvalue weighted by molar-refractivity contribution is -0.137. The van der Waals surface area contributed by atoms with E-state index in [1.807, 2.05) is 0 Å². The molecular formula is C26H25ClF3N3O4S. The molecule has 0 aliphatic carbocycles. The van der Waals surface area contributed by atoms with Crippen LogP contribution in [0.4, 0.5) is 24.5 Å². The van der Waals surface area contributed by atoms with Gasteiger partial charge in [0.15, 0.2) is 0 Å². The van der Waals surface area contributed by atoms with Crippen molar-refractivity contribution in [3.05, 3.63) is 83.4 Å². The zero-order chi connectivity index (χ0) is 27.5. The number of carbonyl (C=O) groups is 1. The third-order valence-corrected chi connectivity index (χ3v) is 8.22. The lowest BCUT2D eigenvalue weighted by atomic mass is 10.1. The van der Waals surface area contributed by atoms with Crippen LogP contribution in [0.15, 0.2) is 77.7 Å². The van der Waals surface area contributed by atoms with Crippen molar-refractivity contribution in [3.63, 3.8) is 0 Å². The fraction of sp³-hybridized carbons (Fsp3) is 0.269. The second kappa shape index (κ2) is 11.1. The van der Waals surface area contributed by atoms with Gasteiger partial charge in [-0.3, -0.25) is 9.10 Å². The summed E-state index contributed by atoms with van der Waals surface area (Å²) in [6.07, 6.45) is -4.45. The second-order valence-corrected chi connectivity index (χ2v) is 10.9. The minimum atomic E-state index is -4.45. The number of halogens is 4. The van der Waals surface area contributed by atoms with Crippen LogP contribution in [0.3, 0.4) is 0 Å².